The largest absolute Gasteiger partial charge is 0.464 e. The number of aromatic nitrogens is 2. The summed E-state index contributed by atoms with van der Waals surface area (Å²) in [6.07, 6.45) is 0. The molecular weight excluding hydrogens is 228 g/mol. The summed E-state index contributed by atoms with van der Waals surface area (Å²) in [6, 6.07) is 5.40. The molecule has 6 heteroatoms. The van der Waals surface area contributed by atoms with Crippen LogP contribution in [-0.2, 0) is 11.5 Å². The zero-order chi connectivity index (χ0) is 11.5. The van der Waals surface area contributed by atoms with Crippen molar-refractivity contribution in [1.29, 1.82) is 0 Å². The van der Waals surface area contributed by atoms with Gasteiger partial charge in [-0.2, -0.15) is 5.10 Å². The second kappa shape index (κ2) is 4.46. The highest BCUT2D eigenvalue weighted by Gasteiger charge is 2.16. The summed E-state index contributed by atoms with van der Waals surface area (Å²) in [6.45, 7) is -0.351. The molecule has 0 amide bonds. The standard InChI is InChI=1S/C10H10N2O3S/c1-15-10(14)8-5-7(11-12(8)6-13)9-3-2-4-16-9/h2-5,13H,6H2,1H3. The molecular formula is C10H10N2O3S. The maximum Gasteiger partial charge on any atom is 0.356 e. The molecule has 2 heterocycles. The summed E-state index contributed by atoms with van der Waals surface area (Å²) in [5.41, 5.74) is 0.901. The van der Waals surface area contributed by atoms with Crippen LogP contribution in [0, 0.1) is 0 Å². The third-order valence-corrected chi connectivity index (χ3v) is 2.97. The Bertz CT molecular complexity index is 490. The van der Waals surface area contributed by atoms with Crippen LogP contribution < -0.4 is 0 Å². The number of ether oxygens (including phenoxy) is 1. The minimum absolute atomic E-state index is 0.244. The van der Waals surface area contributed by atoms with E-state index in [9.17, 15) is 4.79 Å². The highest BCUT2D eigenvalue weighted by molar-refractivity contribution is 7.13. The van der Waals surface area contributed by atoms with Crippen molar-refractivity contribution in [3.8, 4) is 10.6 Å². The lowest BCUT2D eigenvalue weighted by Gasteiger charge is -1.99. The van der Waals surface area contributed by atoms with Gasteiger partial charge in [0.15, 0.2) is 0 Å². The average molecular weight is 238 g/mol. The predicted molar refractivity (Wildman–Crippen MR) is 59.1 cm³/mol. The third-order valence-electron chi connectivity index (χ3n) is 2.08. The molecule has 5 nitrogen and oxygen atoms in total. The van der Waals surface area contributed by atoms with Gasteiger partial charge in [-0.1, -0.05) is 6.07 Å². The number of nitrogens with zero attached hydrogens (tertiary/aromatic N) is 2. The first-order valence-electron chi connectivity index (χ1n) is 4.57. The number of aliphatic hydroxyl groups excluding tert-OH is 1. The van der Waals surface area contributed by atoms with Crippen molar-refractivity contribution >= 4 is 17.3 Å². The Hall–Kier alpha value is -1.66. The topological polar surface area (TPSA) is 64.3 Å². The number of carbonyl (C=O) groups excluding carboxylic acids is 1. The number of aliphatic hydroxyl groups is 1. The maximum atomic E-state index is 11.4. The van der Waals surface area contributed by atoms with Gasteiger partial charge in [-0.05, 0) is 17.5 Å². The first-order valence-corrected chi connectivity index (χ1v) is 5.45. The van der Waals surface area contributed by atoms with Crippen LogP contribution in [0.25, 0.3) is 10.6 Å². The fraction of sp³-hybridized carbons (Fsp3) is 0.200. The van der Waals surface area contributed by atoms with Gasteiger partial charge in [0, 0.05) is 0 Å². The molecule has 0 bridgehead atoms. The van der Waals surface area contributed by atoms with E-state index < -0.39 is 5.97 Å². The molecule has 16 heavy (non-hydrogen) atoms. The van der Waals surface area contributed by atoms with E-state index in [2.05, 4.69) is 9.84 Å². The van der Waals surface area contributed by atoms with Crippen LogP contribution >= 0.6 is 11.3 Å². The van der Waals surface area contributed by atoms with Crippen LogP contribution in [0.1, 0.15) is 10.5 Å². The maximum absolute atomic E-state index is 11.4. The van der Waals surface area contributed by atoms with Crippen LogP contribution in [0.4, 0.5) is 0 Å². The number of methoxy groups -OCH3 is 1. The summed E-state index contributed by atoms with van der Waals surface area (Å²) in [5, 5.41) is 15.1. The Balaban J connectivity index is 2.44. The predicted octanol–water partition coefficient (Wildman–Crippen LogP) is 1.35. The van der Waals surface area contributed by atoms with Crippen LogP contribution in [0.2, 0.25) is 0 Å². The smallest absolute Gasteiger partial charge is 0.356 e. The Morgan fingerprint density at radius 1 is 1.69 bits per heavy atom. The Labute approximate surface area is 95.9 Å². The average Bonchev–Trinajstić information content (AvgIpc) is 2.95. The number of hydrogen-bond acceptors (Lipinski definition) is 5. The van der Waals surface area contributed by atoms with E-state index in [0.717, 1.165) is 4.88 Å². The van der Waals surface area contributed by atoms with Gasteiger partial charge in [0.25, 0.3) is 0 Å². The van der Waals surface area contributed by atoms with Gasteiger partial charge < -0.3 is 9.84 Å². The van der Waals surface area contributed by atoms with Crippen LogP contribution in [-0.4, -0.2) is 28.0 Å². The van der Waals surface area contributed by atoms with Gasteiger partial charge in [0.05, 0.1) is 12.0 Å². The molecule has 0 aliphatic carbocycles. The van der Waals surface area contributed by atoms with Crippen molar-refractivity contribution in [2.45, 2.75) is 6.73 Å². The molecule has 0 unspecified atom stereocenters. The molecule has 0 aromatic carbocycles. The lowest BCUT2D eigenvalue weighted by atomic mass is 10.3. The first-order chi connectivity index (χ1) is 7.76. The quantitative estimate of drug-likeness (QED) is 0.820. The van der Waals surface area contributed by atoms with Gasteiger partial charge in [-0.25, -0.2) is 9.48 Å². The summed E-state index contributed by atoms with van der Waals surface area (Å²) >= 11 is 1.52. The van der Waals surface area contributed by atoms with E-state index in [1.165, 1.54) is 23.1 Å². The molecule has 84 valence electrons. The number of carbonyl (C=O) groups is 1. The van der Waals surface area contributed by atoms with Crippen molar-refractivity contribution in [3.05, 3.63) is 29.3 Å². The summed E-state index contributed by atoms with van der Waals surface area (Å²) < 4.78 is 5.81. The monoisotopic (exact) mass is 238 g/mol. The highest BCUT2D eigenvalue weighted by atomic mass is 32.1. The molecule has 2 aromatic rings. The molecule has 0 saturated carbocycles. The van der Waals surface area contributed by atoms with Gasteiger partial charge in [0.1, 0.15) is 18.1 Å². The fourth-order valence-corrected chi connectivity index (χ4v) is 2.02. The zero-order valence-electron chi connectivity index (χ0n) is 8.58. The second-order valence-corrected chi connectivity index (χ2v) is 3.97. The van der Waals surface area contributed by atoms with E-state index in [1.807, 2.05) is 17.5 Å². The van der Waals surface area contributed by atoms with Crippen LogP contribution in [0.3, 0.4) is 0 Å². The SMILES string of the molecule is COC(=O)c1cc(-c2cccs2)nn1CO. The third kappa shape index (κ3) is 1.84. The van der Waals surface area contributed by atoms with Gasteiger partial charge in [0.2, 0.25) is 0 Å². The molecule has 0 atom stereocenters. The molecule has 2 aromatic heterocycles. The van der Waals surface area contributed by atoms with E-state index >= 15 is 0 Å². The van der Waals surface area contributed by atoms with E-state index in [0.29, 0.717) is 5.69 Å². The van der Waals surface area contributed by atoms with Crippen molar-refractivity contribution in [2.75, 3.05) is 7.11 Å². The van der Waals surface area contributed by atoms with Crippen molar-refractivity contribution in [1.82, 2.24) is 9.78 Å². The molecule has 0 aliphatic heterocycles. The van der Waals surface area contributed by atoms with Gasteiger partial charge in [-0.3, -0.25) is 0 Å². The van der Waals surface area contributed by atoms with Gasteiger partial charge >= 0.3 is 5.97 Å². The van der Waals surface area contributed by atoms with Crippen molar-refractivity contribution < 1.29 is 14.6 Å². The number of esters is 1. The minimum Gasteiger partial charge on any atom is -0.464 e. The Kier molecular flexibility index (Phi) is 3.02. The van der Waals surface area contributed by atoms with Crippen LogP contribution in [0.5, 0.6) is 0 Å². The summed E-state index contributed by atoms with van der Waals surface area (Å²) in [7, 11) is 1.29. The Morgan fingerprint density at radius 2 is 2.50 bits per heavy atom. The minimum atomic E-state index is -0.510. The van der Waals surface area contributed by atoms with E-state index in [1.54, 1.807) is 6.07 Å². The van der Waals surface area contributed by atoms with E-state index in [4.69, 9.17) is 5.11 Å². The number of rotatable bonds is 3. The van der Waals surface area contributed by atoms with Crippen molar-refractivity contribution in [2.24, 2.45) is 0 Å². The van der Waals surface area contributed by atoms with E-state index in [-0.39, 0.29) is 12.4 Å². The molecule has 1 N–H and O–H groups in total. The first kappa shape index (κ1) is 10.8. The molecule has 0 spiro atoms. The normalized spacial score (nSPS) is 10.4. The van der Waals surface area contributed by atoms with Crippen molar-refractivity contribution in [3.63, 3.8) is 0 Å². The molecule has 0 fully saturated rings. The Morgan fingerprint density at radius 3 is 3.06 bits per heavy atom. The lowest BCUT2D eigenvalue weighted by molar-refractivity contribution is 0.0573. The second-order valence-electron chi connectivity index (χ2n) is 3.02. The molecule has 2 rings (SSSR count). The van der Waals surface area contributed by atoms with Crippen LogP contribution in [0.15, 0.2) is 23.6 Å². The summed E-state index contributed by atoms with van der Waals surface area (Å²) in [4.78, 5) is 12.3. The molecule has 0 aliphatic rings. The molecule has 0 radical (unpaired) electrons. The zero-order valence-corrected chi connectivity index (χ0v) is 9.40. The fourth-order valence-electron chi connectivity index (χ4n) is 1.34. The highest BCUT2D eigenvalue weighted by Crippen LogP contribution is 2.24. The lowest BCUT2D eigenvalue weighted by Crippen LogP contribution is -2.11. The van der Waals surface area contributed by atoms with Gasteiger partial charge in [-0.15, -0.1) is 11.3 Å². The number of thiophene rings is 1. The molecule has 0 saturated heterocycles. The summed E-state index contributed by atoms with van der Waals surface area (Å²) in [5.74, 6) is -0.510. The number of hydrogen-bond donors (Lipinski definition) is 1.